The molecule has 7 nitrogen and oxygen atoms in total. The number of amides is 1. The summed E-state index contributed by atoms with van der Waals surface area (Å²) in [5.41, 5.74) is 1.16. The zero-order valence-electron chi connectivity index (χ0n) is 18.0. The van der Waals surface area contributed by atoms with E-state index >= 15 is 0 Å². The Morgan fingerprint density at radius 3 is 2.45 bits per heavy atom. The van der Waals surface area contributed by atoms with Crippen molar-refractivity contribution in [2.24, 2.45) is 0 Å². The molecule has 2 aromatic rings. The Kier molecular flexibility index (Phi) is 6.79. The molecule has 8 heteroatoms. The van der Waals surface area contributed by atoms with Crippen molar-refractivity contribution in [1.82, 2.24) is 14.5 Å². The van der Waals surface area contributed by atoms with Crippen LogP contribution in [0.5, 0.6) is 0 Å². The minimum atomic E-state index is -3.58. The van der Waals surface area contributed by atoms with Crippen LogP contribution in [0.25, 0.3) is 0 Å². The van der Waals surface area contributed by atoms with E-state index in [0.717, 1.165) is 56.5 Å². The number of carbonyl (C=O) groups excluding carboxylic acids is 1. The Bertz CT molecular complexity index is 992. The average Bonchev–Trinajstić information content (AvgIpc) is 3.50. The number of benzene rings is 1. The molecule has 1 N–H and O–H groups in total. The van der Waals surface area contributed by atoms with Gasteiger partial charge in [-0.15, -0.1) is 0 Å². The fourth-order valence-electron chi connectivity index (χ4n) is 4.49. The third-order valence-corrected chi connectivity index (χ3v) is 8.21. The first-order valence-electron chi connectivity index (χ1n) is 11.1. The monoisotopic (exact) mass is 445 g/mol. The standard InChI is InChI=1S/C23H31N3O4S/c1-18-9-10-19(31(28,29)26-13-3-2-4-14-26)16-20(18)23(27)24-17-21(22-8-7-15-30-22)25-11-5-6-12-25/h7-10,15-16,21H,2-6,11-14,17H2,1H3,(H,24,27). The van der Waals surface area contributed by atoms with Crippen molar-refractivity contribution in [2.75, 3.05) is 32.7 Å². The summed E-state index contributed by atoms with van der Waals surface area (Å²) in [4.78, 5) is 15.6. The van der Waals surface area contributed by atoms with Gasteiger partial charge in [0, 0.05) is 25.2 Å². The van der Waals surface area contributed by atoms with Gasteiger partial charge in [0.1, 0.15) is 5.76 Å². The highest BCUT2D eigenvalue weighted by Gasteiger charge is 2.28. The predicted molar refractivity (Wildman–Crippen MR) is 118 cm³/mol. The second-order valence-corrected chi connectivity index (χ2v) is 10.4. The van der Waals surface area contributed by atoms with Gasteiger partial charge in [-0.3, -0.25) is 9.69 Å². The molecule has 1 amide bonds. The molecule has 0 spiro atoms. The van der Waals surface area contributed by atoms with Crippen molar-refractivity contribution in [2.45, 2.75) is 50.0 Å². The van der Waals surface area contributed by atoms with Crippen molar-refractivity contribution in [3.8, 4) is 0 Å². The van der Waals surface area contributed by atoms with E-state index in [1.54, 1.807) is 18.4 Å². The van der Waals surface area contributed by atoms with Gasteiger partial charge in [-0.2, -0.15) is 4.31 Å². The van der Waals surface area contributed by atoms with Crippen LogP contribution in [-0.2, 0) is 10.0 Å². The molecular formula is C23H31N3O4S. The van der Waals surface area contributed by atoms with Crippen molar-refractivity contribution in [3.05, 3.63) is 53.5 Å². The topological polar surface area (TPSA) is 82.9 Å². The van der Waals surface area contributed by atoms with E-state index in [4.69, 9.17) is 4.42 Å². The molecular weight excluding hydrogens is 414 g/mol. The highest BCUT2D eigenvalue weighted by molar-refractivity contribution is 7.89. The van der Waals surface area contributed by atoms with E-state index in [9.17, 15) is 13.2 Å². The highest BCUT2D eigenvalue weighted by Crippen LogP contribution is 2.26. The summed E-state index contributed by atoms with van der Waals surface area (Å²) in [6, 6.07) is 8.61. The molecule has 0 bridgehead atoms. The summed E-state index contributed by atoms with van der Waals surface area (Å²) in [6.07, 6.45) is 6.74. The highest BCUT2D eigenvalue weighted by atomic mass is 32.2. The van der Waals surface area contributed by atoms with Gasteiger partial charge in [0.05, 0.1) is 17.2 Å². The molecule has 4 rings (SSSR count). The largest absolute Gasteiger partial charge is 0.468 e. The van der Waals surface area contributed by atoms with Crippen LogP contribution in [0.2, 0.25) is 0 Å². The molecule has 1 atom stereocenters. The Hall–Kier alpha value is -2.16. The fraction of sp³-hybridized carbons (Fsp3) is 0.522. The Balaban J connectivity index is 1.51. The number of rotatable bonds is 7. The van der Waals surface area contributed by atoms with E-state index in [-0.39, 0.29) is 16.8 Å². The summed E-state index contributed by atoms with van der Waals surface area (Å²) in [7, 11) is -3.58. The molecule has 168 valence electrons. The molecule has 2 fully saturated rings. The number of nitrogens with zero attached hydrogens (tertiary/aromatic N) is 2. The number of likely N-dealkylation sites (tertiary alicyclic amines) is 1. The van der Waals surface area contributed by atoms with Crippen LogP contribution in [0.1, 0.15) is 59.8 Å². The predicted octanol–water partition coefficient (Wildman–Crippen LogP) is 3.33. The molecule has 1 aromatic heterocycles. The van der Waals surface area contributed by atoms with Crippen LogP contribution in [0.4, 0.5) is 0 Å². The summed E-state index contributed by atoms with van der Waals surface area (Å²) < 4.78 is 33.2. The van der Waals surface area contributed by atoms with Crippen molar-refractivity contribution < 1.29 is 17.6 Å². The van der Waals surface area contributed by atoms with Gasteiger partial charge in [0.25, 0.3) is 5.91 Å². The van der Waals surface area contributed by atoms with Gasteiger partial charge in [-0.25, -0.2) is 8.42 Å². The Labute approximate surface area is 184 Å². The number of piperidine rings is 1. The third kappa shape index (κ3) is 4.86. The van der Waals surface area contributed by atoms with Crippen LogP contribution < -0.4 is 5.32 Å². The van der Waals surface area contributed by atoms with Gasteiger partial charge < -0.3 is 9.73 Å². The third-order valence-electron chi connectivity index (χ3n) is 6.32. The molecule has 0 saturated carbocycles. The number of hydrogen-bond donors (Lipinski definition) is 1. The first kappa shape index (κ1) is 22.0. The summed E-state index contributed by atoms with van der Waals surface area (Å²) >= 11 is 0. The maximum absolute atomic E-state index is 13.0. The Morgan fingerprint density at radius 2 is 1.77 bits per heavy atom. The molecule has 3 heterocycles. The second-order valence-electron chi connectivity index (χ2n) is 8.43. The van der Waals surface area contributed by atoms with Crippen molar-refractivity contribution in [3.63, 3.8) is 0 Å². The molecule has 1 unspecified atom stereocenters. The summed E-state index contributed by atoms with van der Waals surface area (Å²) in [5.74, 6) is 0.573. The van der Waals surface area contributed by atoms with Crippen molar-refractivity contribution >= 4 is 15.9 Å². The fourth-order valence-corrected chi connectivity index (χ4v) is 6.03. The molecule has 0 radical (unpaired) electrons. The normalized spacial score (nSPS) is 19.4. The van der Waals surface area contributed by atoms with Crippen molar-refractivity contribution in [1.29, 1.82) is 0 Å². The zero-order valence-corrected chi connectivity index (χ0v) is 18.9. The molecule has 1 aromatic carbocycles. The SMILES string of the molecule is Cc1ccc(S(=O)(=O)N2CCCCC2)cc1C(=O)NCC(c1ccco1)N1CCCC1. The van der Waals surface area contributed by atoms with E-state index < -0.39 is 10.0 Å². The smallest absolute Gasteiger partial charge is 0.251 e. The van der Waals surface area contributed by atoms with E-state index in [0.29, 0.717) is 25.2 Å². The lowest BCUT2D eigenvalue weighted by Gasteiger charge is -2.27. The number of sulfonamides is 1. The first-order valence-corrected chi connectivity index (χ1v) is 12.6. The van der Waals surface area contributed by atoms with E-state index in [1.165, 1.54) is 10.4 Å². The van der Waals surface area contributed by atoms with Crippen LogP contribution in [-0.4, -0.2) is 56.3 Å². The lowest BCUT2D eigenvalue weighted by Crippen LogP contribution is -2.37. The van der Waals surface area contributed by atoms with Gasteiger partial charge in [-0.1, -0.05) is 12.5 Å². The lowest BCUT2D eigenvalue weighted by molar-refractivity contribution is 0.0933. The van der Waals surface area contributed by atoms with Crippen LogP contribution >= 0.6 is 0 Å². The summed E-state index contributed by atoms with van der Waals surface area (Å²) in [5, 5.41) is 3.01. The van der Waals surface area contributed by atoms with Gasteiger partial charge in [0.15, 0.2) is 0 Å². The lowest BCUT2D eigenvalue weighted by atomic mass is 10.1. The molecule has 2 saturated heterocycles. The molecule has 2 aliphatic heterocycles. The van der Waals surface area contributed by atoms with E-state index in [1.807, 2.05) is 19.1 Å². The quantitative estimate of drug-likeness (QED) is 0.707. The minimum Gasteiger partial charge on any atom is -0.468 e. The number of hydrogen-bond acceptors (Lipinski definition) is 5. The van der Waals surface area contributed by atoms with Gasteiger partial charge >= 0.3 is 0 Å². The van der Waals surface area contributed by atoms with Crippen LogP contribution in [0.3, 0.4) is 0 Å². The summed E-state index contributed by atoms with van der Waals surface area (Å²) in [6.45, 7) is 5.27. The zero-order chi connectivity index (χ0) is 21.8. The first-order chi connectivity index (χ1) is 15.0. The number of furan rings is 1. The van der Waals surface area contributed by atoms with Crippen LogP contribution in [0.15, 0.2) is 45.9 Å². The van der Waals surface area contributed by atoms with E-state index in [2.05, 4.69) is 10.2 Å². The maximum Gasteiger partial charge on any atom is 0.251 e. The number of aryl methyl sites for hydroxylation is 1. The number of nitrogens with one attached hydrogen (secondary N) is 1. The minimum absolute atomic E-state index is 0.0259. The average molecular weight is 446 g/mol. The van der Waals surface area contributed by atoms with Crippen LogP contribution in [0, 0.1) is 6.92 Å². The molecule has 2 aliphatic rings. The second kappa shape index (κ2) is 9.54. The van der Waals surface area contributed by atoms with Gasteiger partial charge in [0.2, 0.25) is 10.0 Å². The molecule has 0 aliphatic carbocycles. The maximum atomic E-state index is 13.0. The number of carbonyl (C=O) groups is 1. The van der Waals surface area contributed by atoms with Gasteiger partial charge in [-0.05, 0) is 75.5 Å². The Morgan fingerprint density at radius 1 is 1.06 bits per heavy atom. The molecule has 31 heavy (non-hydrogen) atoms.